The summed E-state index contributed by atoms with van der Waals surface area (Å²) in [5, 5.41) is 3.06. The van der Waals surface area contributed by atoms with E-state index in [4.69, 9.17) is 29.7 Å². The maximum atomic E-state index is 6.10. The van der Waals surface area contributed by atoms with Gasteiger partial charge in [0.15, 0.2) is 35.1 Å². The lowest BCUT2D eigenvalue weighted by Gasteiger charge is -2.25. The van der Waals surface area contributed by atoms with E-state index in [2.05, 4.69) is 26.2 Å². The van der Waals surface area contributed by atoms with Crippen LogP contribution >= 0.6 is 15.9 Å². The molecule has 1 aromatic heterocycles. The van der Waals surface area contributed by atoms with E-state index in [-0.39, 0.29) is 5.96 Å². The lowest BCUT2D eigenvalue weighted by molar-refractivity contribution is 0.297. The molecule has 9 nitrogen and oxygen atoms in total. The van der Waals surface area contributed by atoms with Gasteiger partial charge < -0.3 is 24.7 Å². The molecule has 31 heavy (non-hydrogen) atoms. The summed E-state index contributed by atoms with van der Waals surface area (Å²) in [7, 11) is 1.61. The number of benzene rings is 2. The van der Waals surface area contributed by atoms with Gasteiger partial charge in [-0.1, -0.05) is 0 Å². The highest BCUT2D eigenvalue weighted by atomic mass is 79.9. The molecular formula is C21H22BrN5O4. The Morgan fingerprint density at radius 3 is 2.74 bits per heavy atom. The molecule has 0 radical (unpaired) electrons. The van der Waals surface area contributed by atoms with Crippen molar-refractivity contribution in [1.82, 2.24) is 9.55 Å². The van der Waals surface area contributed by atoms with E-state index < -0.39 is 6.17 Å². The summed E-state index contributed by atoms with van der Waals surface area (Å²) in [5.74, 6) is 3.52. The number of methoxy groups -OCH3 is 1. The molecule has 0 bridgehead atoms. The van der Waals surface area contributed by atoms with E-state index in [1.54, 1.807) is 7.11 Å². The van der Waals surface area contributed by atoms with Crippen molar-refractivity contribution < 1.29 is 18.9 Å². The van der Waals surface area contributed by atoms with Crippen molar-refractivity contribution >= 4 is 38.9 Å². The predicted molar refractivity (Wildman–Crippen MR) is 121 cm³/mol. The minimum atomic E-state index is -0.451. The standard InChI is InChI=1S/C21H22BrN5O4/c1-3-29-17-8-11(7-12(22)18(17)28-2)19-25-20(23)26-21-24-13-9-15-16(10-14(13)27(19)21)31-6-4-5-30-15/h7-10,19H,3-6H2,1-2H3,(H3,23,24,25,26)/t19-/m0/s1. The van der Waals surface area contributed by atoms with Crippen molar-refractivity contribution in [3.8, 4) is 23.0 Å². The van der Waals surface area contributed by atoms with Gasteiger partial charge in [0.1, 0.15) is 0 Å². The number of halogens is 1. The number of hydrogen-bond donors (Lipinski definition) is 2. The maximum absolute atomic E-state index is 6.10. The lowest BCUT2D eigenvalue weighted by Crippen LogP contribution is -2.31. The number of hydrogen-bond acceptors (Lipinski definition) is 8. The smallest absolute Gasteiger partial charge is 0.212 e. The monoisotopic (exact) mass is 487 g/mol. The molecule has 0 spiro atoms. The van der Waals surface area contributed by atoms with E-state index in [1.165, 1.54) is 0 Å². The molecule has 0 saturated heterocycles. The molecule has 162 valence electrons. The first-order valence-corrected chi connectivity index (χ1v) is 10.8. The first kappa shape index (κ1) is 19.8. The largest absolute Gasteiger partial charge is 0.492 e. The maximum Gasteiger partial charge on any atom is 0.212 e. The van der Waals surface area contributed by atoms with Gasteiger partial charge in [0.05, 0.1) is 42.4 Å². The molecule has 3 heterocycles. The highest BCUT2D eigenvalue weighted by Crippen LogP contribution is 2.42. The van der Waals surface area contributed by atoms with Gasteiger partial charge in [-0.3, -0.25) is 9.88 Å². The fraction of sp³-hybridized carbons (Fsp3) is 0.333. The normalized spacial score (nSPS) is 17.4. The molecule has 2 aromatic carbocycles. The van der Waals surface area contributed by atoms with Gasteiger partial charge in [0, 0.05) is 24.1 Å². The number of nitrogens with zero attached hydrogens (tertiary/aromatic N) is 3. The van der Waals surface area contributed by atoms with Crippen molar-refractivity contribution in [3.05, 3.63) is 34.3 Å². The van der Waals surface area contributed by atoms with Crippen LogP contribution in [0.25, 0.3) is 11.0 Å². The summed E-state index contributed by atoms with van der Waals surface area (Å²) >= 11 is 3.59. The first-order valence-electron chi connectivity index (χ1n) is 10.0. The van der Waals surface area contributed by atoms with Gasteiger partial charge in [0.25, 0.3) is 0 Å². The van der Waals surface area contributed by atoms with Crippen molar-refractivity contribution in [3.63, 3.8) is 0 Å². The van der Waals surface area contributed by atoms with E-state index >= 15 is 0 Å². The Hall–Kier alpha value is -3.14. The number of aliphatic imine (C=N–C) groups is 1. The first-order chi connectivity index (χ1) is 15.1. The van der Waals surface area contributed by atoms with Gasteiger partial charge in [-0.25, -0.2) is 9.98 Å². The van der Waals surface area contributed by atoms with Crippen LogP contribution in [0, 0.1) is 0 Å². The third-order valence-electron chi connectivity index (χ3n) is 5.14. The molecular weight excluding hydrogens is 466 g/mol. The van der Waals surface area contributed by atoms with E-state index in [0.717, 1.165) is 27.5 Å². The van der Waals surface area contributed by atoms with E-state index in [0.29, 0.717) is 48.8 Å². The third kappa shape index (κ3) is 3.40. The van der Waals surface area contributed by atoms with Crippen LogP contribution in [0.4, 0.5) is 5.95 Å². The third-order valence-corrected chi connectivity index (χ3v) is 5.73. The molecule has 10 heteroatoms. The highest BCUT2D eigenvalue weighted by molar-refractivity contribution is 9.10. The molecule has 0 aliphatic carbocycles. The predicted octanol–water partition coefficient (Wildman–Crippen LogP) is 3.65. The van der Waals surface area contributed by atoms with Gasteiger partial charge in [-0.05, 0) is 35.0 Å². The van der Waals surface area contributed by atoms with Crippen molar-refractivity contribution in [2.75, 3.05) is 32.2 Å². The van der Waals surface area contributed by atoms with Gasteiger partial charge >= 0.3 is 0 Å². The number of fused-ring (bicyclic) bond motifs is 4. The van der Waals surface area contributed by atoms with Crippen molar-refractivity contribution in [2.45, 2.75) is 19.5 Å². The van der Waals surface area contributed by atoms with Crippen LogP contribution in [0.1, 0.15) is 25.1 Å². The van der Waals surface area contributed by atoms with Crippen LogP contribution in [0.2, 0.25) is 0 Å². The number of ether oxygens (including phenoxy) is 4. The Morgan fingerprint density at radius 2 is 2.00 bits per heavy atom. The SMILES string of the molecule is CCOc1cc([C@H]2N=C(N)Nc3nc4cc5c(cc4n32)OCCCO5)cc(Br)c1OC. The average Bonchev–Trinajstić information content (AvgIpc) is 2.93. The Morgan fingerprint density at radius 1 is 1.23 bits per heavy atom. The zero-order valence-corrected chi connectivity index (χ0v) is 18.7. The topological polar surface area (TPSA) is 105 Å². The van der Waals surface area contributed by atoms with Gasteiger partial charge in [0.2, 0.25) is 5.95 Å². The van der Waals surface area contributed by atoms with Crippen LogP contribution in [-0.2, 0) is 0 Å². The number of guanidine groups is 1. The second kappa shape index (κ2) is 7.84. The highest BCUT2D eigenvalue weighted by Gasteiger charge is 2.28. The second-order valence-corrected chi connectivity index (χ2v) is 7.98. The number of nitrogens with two attached hydrogens (primary N) is 1. The van der Waals surface area contributed by atoms with Crippen LogP contribution in [-0.4, -0.2) is 42.4 Å². The van der Waals surface area contributed by atoms with Crippen molar-refractivity contribution in [2.24, 2.45) is 10.7 Å². The van der Waals surface area contributed by atoms with Gasteiger partial charge in [-0.15, -0.1) is 0 Å². The number of nitrogens with one attached hydrogen (secondary N) is 1. The lowest BCUT2D eigenvalue weighted by atomic mass is 10.1. The molecule has 2 aliphatic heterocycles. The molecule has 1 atom stereocenters. The Labute approximate surface area is 187 Å². The molecule has 3 aromatic rings. The second-order valence-electron chi connectivity index (χ2n) is 7.12. The number of rotatable bonds is 4. The molecule has 0 fully saturated rings. The summed E-state index contributed by atoms with van der Waals surface area (Å²) in [6.45, 7) is 3.65. The molecule has 0 unspecified atom stereocenters. The molecule has 0 saturated carbocycles. The fourth-order valence-electron chi connectivity index (χ4n) is 3.85. The minimum Gasteiger partial charge on any atom is -0.492 e. The van der Waals surface area contributed by atoms with Crippen LogP contribution < -0.4 is 30.0 Å². The average molecular weight is 488 g/mol. The Kier molecular flexibility index (Phi) is 5.01. The fourth-order valence-corrected chi connectivity index (χ4v) is 4.47. The number of aromatic nitrogens is 2. The van der Waals surface area contributed by atoms with Crippen LogP contribution in [0.5, 0.6) is 23.0 Å². The minimum absolute atomic E-state index is 0.284. The number of anilines is 1. The molecule has 5 rings (SSSR count). The summed E-state index contributed by atoms with van der Waals surface area (Å²) in [4.78, 5) is 9.38. The Balaban J connectivity index is 1.69. The summed E-state index contributed by atoms with van der Waals surface area (Å²) in [6.07, 6.45) is 0.385. The Bertz CT molecular complexity index is 1190. The zero-order valence-electron chi connectivity index (χ0n) is 17.1. The van der Waals surface area contributed by atoms with Gasteiger partial charge in [-0.2, -0.15) is 0 Å². The summed E-state index contributed by atoms with van der Waals surface area (Å²) in [6, 6.07) is 7.71. The molecule has 3 N–H and O–H groups in total. The van der Waals surface area contributed by atoms with E-state index in [1.807, 2.05) is 35.8 Å². The van der Waals surface area contributed by atoms with E-state index in [9.17, 15) is 0 Å². The summed E-state index contributed by atoms with van der Waals surface area (Å²) in [5.41, 5.74) is 8.59. The molecule has 0 amide bonds. The van der Waals surface area contributed by atoms with Crippen LogP contribution in [0.15, 0.2) is 33.7 Å². The quantitative estimate of drug-likeness (QED) is 0.578. The summed E-state index contributed by atoms with van der Waals surface area (Å²) < 4.78 is 25.8. The molecule has 2 aliphatic rings. The van der Waals surface area contributed by atoms with Crippen LogP contribution in [0.3, 0.4) is 0 Å². The zero-order chi connectivity index (χ0) is 21.5. The van der Waals surface area contributed by atoms with Crippen molar-refractivity contribution in [1.29, 1.82) is 0 Å². The number of imidazole rings is 1.